The van der Waals surface area contributed by atoms with Gasteiger partial charge in [0.2, 0.25) is 5.88 Å². The van der Waals surface area contributed by atoms with Crippen molar-refractivity contribution in [1.29, 1.82) is 0 Å². The SMILES string of the molecule is COc1ncc(-c2ccc(C(=O)O)cc2C)cc1-c1ccc(C(F)(F)F)cc1CC1=NO[C@H](c2cc(C(F)(F)F)cc(C(F)(F)F)c2)C1. The number of pyridine rings is 1. The van der Waals surface area contributed by atoms with Crippen molar-refractivity contribution in [3.8, 4) is 28.1 Å². The first-order valence-electron chi connectivity index (χ1n) is 13.9. The average Bonchev–Trinajstić information content (AvgIpc) is 3.47. The van der Waals surface area contributed by atoms with Crippen LogP contribution in [0.3, 0.4) is 0 Å². The van der Waals surface area contributed by atoms with E-state index in [1.165, 1.54) is 31.5 Å². The lowest BCUT2D eigenvalue weighted by molar-refractivity contribution is -0.143. The molecule has 48 heavy (non-hydrogen) atoms. The quantitative estimate of drug-likeness (QED) is 0.197. The normalized spacial score (nSPS) is 15.2. The van der Waals surface area contributed by atoms with Crippen LogP contribution in [0.2, 0.25) is 0 Å². The molecule has 15 heteroatoms. The second-order valence-electron chi connectivity index (χ2n) is 11.0. The number of aromatic carboxylic acids is 1. The van der Waals surface area contributed by atoms with Gasteiger partial charge in [0.15, 0.2) is 6.10 Å². The van der Waals surface area contributed by atoms with E-state index in [4.69, 9.17) is 9.57 Å². The number of carboxylic acid groups (broad SMARTS) is 1. The zero-order valence-electron chi connectivity index (χ0n) is 24.8. The average molecular weight is 683 g/mol. The molecular weight excluding hydrogens is 659 g/mol. The Labute approximate surface area is 266 Å². The topological polar surface area (TPSA) is 81.0 Å². The number of alkyl halides is 9. The van der Waals surface area contributed by atoms with Gasteiger partial charge in [0, 0.05) is 30.2 Å². The van der Waals surface area contributed by atoms with Gasteiger partial charge in [0.05, 0.1) is 35.1 Å². The summed E-state index contributed by atoms with van der Waals surface area (Å²) in [4.78, 5) is 20.9. The fourth-order valence-corrected chi connectivity index (χ4v) is 5.35. The van der Waals surface area contributed by atoms with Gasteiger partial charge in [0.1, 0.15) is 0 Å². The van der Waals surface area contributed by atoms with E-state index in [0.29, 0.717) is 28.8 Å². The number of methoxy groups -OCH3 is 1. The number of rotatable bonds is 7. The van der Waals surface area contributed by atoms with E-state index in [0.717, 1.165) is 12.1 Å². The highest BCUT2D eigenvalue weighted by Gasteiger charge is 2.39. The molecule has 0 spiro atoms. The number of carbonyl (C=O) groups is 1. The van der Waals surface area contributed by atoms with Crippen molar-refractivity contribution in [3.05, 3.63) is 106 Å². The molecule has 6 nitrogen and oxygen atoms in total. The van der Waals surface area contributed by atoms with Gasteiger partial charge in [-0.2, -0.15) is 39.5 Å². The van der Waals surface area contributed by atoms with Crippen LogP contribution in [0, 0.1) is 6.92 Å². The molecule has 0 radical (unpaired) electrons. The zero-order valence-corrected chi connectivity index (χ0v) is 24.8. The minimum atomic E-state index is -5.09. The van der Waals surface area contributed by atoms with Crippen LogP contribution < -0.4 is 4.74 Å². The summed E-state index contributed by atoms with van der Waals surface area (Å²) in [6.07, 6.45) is -15.5. The van der Waals surface area contributed by atoms with Gasteiger partial charge in [-0.1, -0.05) is 17.3 Å². The number of aromatic nitrogens is 1. The van der Waals surface area contributed by atoms with E-state index >= 15 is 0 Å². The highest BCUT2D eigenvalue weighted by molar-refractivity contribution is 5.91. The van der Waals surface area contributed by atoms with Crippen LogP contribution in [-0.4, -0.2) is 28.9 Å². The van der Waals surface area contributed by atoms with E-state index in [-0.39, 0.29) is 52.8 Å². The third-order valence-corrected chi connectivity index (χ3v) is 7.66. The number of carboxylic acids is 1. The molecule has 3 aromatic carbocycles. The van der Waals surface area contributed by atoms with Crippen molar-refractivity contribution in [2.75, 3.05) is 7.11 Å². The Morgan fingerprint density at radius 1 is 0.833 bits per heavy atom. The number of nitrogens with zero attached hydrogens (tertiary/aromatic N) is 2. The Hall–Kier alpha value is -5.08. The minimum Gasteiger partial charge on any atom is -0.481 e. The van der Waals surface area contributed by atoms with E-state index in [1.807, 2.05) is 0 Å². The van der Waals surface area contributed by atoms with E-state index in [2.05, 4.69) is 10.1 Å². The van der Waals surface area contributed by atoms with Crippen LogP contribution >= 0.6 is 0 Å². The van der Waals surface area contributed by atoms with Crippen molar-refractivity contribution < 1.29 is 59.0 Å². The molecule has 252 valence electrons. The molecule has 1 atom stereocenters. The van der Waals surface area contributed by atoms with Gasteiger partial charge in [0.25, 0.3) is 0 Å². The predicted octanol–water partition coefficient (Wildman–Crippen LogP) is 9.55. The number of ether oxygens (including phenoxy) is 1. The molecule has 0 aliphatic carbocycles. The first-order valence-corrected chi connectivity index (χ1v) is 13.9. The molecule has 0 saturated heterocycles. The van der Waals surface area contributed by atoms with Gasteiger partial charge in [-0.25, -0.2) is 9.78 Å². The van der Waals surface area contributed by atoms with Crippen LogP contribution in [0.4, 0.5) is 39.5 Å². The molecule has 0 saturated carbocycles. The van der Waals surface area contributed by atoms with Crippen LogP contribution in [0.25, 0.3) is 22.3 Å². The van der Waals surface area contributed by atoms with Crippen LogP contribution in [0.1, 0.15) is 56.3 Å². The molecule has 1 aliphatic rings. The standard InChI is InChI=1S/C33H23F9N2O4/c1-16-7-17(30(45)46)3-5-25(16)20-12-27(29(47-2)43-15-20)26-6-4-21(31(34,35)36)8-18(26)11-24-14-28(48-44-24)19-9-22(32(37,38)39)13-23(10-19)33(40,41)42/h3-10,12-13,15,28H,11,14H2,1-2H3,(H,45,46)/t28-/m0/s1. The number of oxime groups is 1. The lowest BCUT2D eigenvalue weighted by Gasteiger charge is -2.17. The molecule has 1 N–H and O–H groups in total. The highest BCUT2D eigenvalue weighted by atomic mass is 19.4. The maximum absolute atomic E-state index is 13.8. The third kappa shape index (κ3) is 7.24. The number of benzene rings is 3. The van der Waals surface area contributed by atoms with Crippen LogP contribution in [0.15, 0.2) is 72.0 Å². The number of hydrogen-bond donors (Lipinski definition) is 1. The maximum atomic E-state index is 13.8. The van der Waals surface area contributed by atoms with Crippen molar-refractivity contribution in [2.24, 2.45) is 5.16 Å². The van der Waals surface area contributed by atoms with Gasteiger partial charge < -0.3 is 14.7 Å². The minimum absolute atomic E-state index is 0.0212. The highest BCUT2D eigenvalue weighted by Crippen LogP contribution is 2.42. The summed E-state index contributed by atoms with van der Waals surface area (Å²) >= 11 is 0. The summed E-state index contributed by atoms with van der Waals surface area (Å²) in [5.41, 5.74) is -2.29. The molecule has 0 fully saturated rings. The Balaban J connectivity index is 1.53. The third-order valence-electron chi connectivity index (χ3n) is 7.66. The Morgan fingerprint density at radius 3 is 2.02 bits per heavy atom. The summed E-state index contributed by atoms with van der Waals surface area (Å²) in [5, 5.41) is 13.1. The second kappa shape index (κ2) is 12.5. The molecule has 1 aromatic heterocycles. The Morgan fingerprint density at radius 2 is 1.46 bits per heavy atom. The first-order chi connectivity index (χ1) is 22.3. The zero-order chi connectivity index (χ0) is 35.2. The van der Waals surface area contributed by atoms with Gasteiger partial charge in [-0.3, -0.25) is 0 Å². The van der Waals surface area contributed by atoms with E-state index in [9.17, 15) is 49.4 Å². The molecule has 1 aliphatic heterocycles. The molecule has 4 aromatic rings. The summed E-state index contributed by atoms with van der Waals surface area (Å²) in [6.45, 7) is 1.67. The van der Waals surface area contributed by atoms with Crippen LogP contribution in [-0.2, 0) is 29.8 Å². The predicted molar refractivity (Wildman–Crippen MR) is 154 cm³/mol. The molecular formula is C33H23F9N2O4. The molecule has 0 unspecified atom stereocenters. The Kier molecular flexibility index (Phi) is 8.93. The fourth-order valence-electron chi connectivity index (χ4n) is 5.35. The van der Waals surface area contributed by atoms with Crippen molar-refractivity contribution in [2.45, 2.75) is 44.4 Å². The monoisotopic (exact) mass is 682 g/mol. The smallest absolute Gasteiger partial charge is 0.416 e. The lowest BCUT2D eigenvalue weighted by atomic mass is 9.90. The molecule has 0 amide bonds. The largest absolute Gasteiger partial charge is 0.481 e. The van der Waals surface area contributed by atoms with Gasteiger partial charge in [-0.05, 0) is 83.3 Å². The number of halogens is 9. The van der Waals surface area contributed by atoms with Gasteiger partial charge >= 0.3 is 24.5 Å². The van der Waals surface area contributed by atoms with Crippen molar-refractivity contribution >= 4 is 11.7 Å². The van der Waals surface area contributed by atoms with E-state index in [1.54, 1.807) is 19.1 Å². The van der Waals surface area contributed by atoms with Gasteiger partial charge in [-0.15, -0.1) is 0 Å². The molecule has 5 rings (SSSR count). The summed E-state index contributed by atoms with van der Waals surface area (Å²) in [5.74, 6) is -1.10. The summed E-state index contributed by atoms with van der Waals surface area (Å²) in [6, 6.07) is 9.88. The van der Waals surface area contributed by atoms with Crippen molar-refractivity contribution in [1.82, 2.24) is 4.98 Å². The first kappa shape index (κ1) is 34.3. The van der Waals surface area contributed by atoms with Crippen molar-refractivity contribution in [3.63, 3.8) is 0 Å². The number of aryl methyl sites for hydroxylation is 1. The fraction of sp³-hybridized carbons (Fsp3) is 0.242. The lowest BCUT2D eigenvalue weighted by Crippen LogP contribution is -2.13. The summed E-state index contributed by atoms with van der Waals surface area (Å²) in [7, 11) is 1.30. The molecule has 2 heterocycles. The maximum Gasteiger partial charge on any atom is 0.416 e. The van der Waals surface area contributed by atoms with E-state index < -0.39 is 52.9 Å². The molecule has 0 bridgehead atoms. The Bertz CT molecular complexity index is 1880. The second-order valence-corrected chi connectivity index (χ2v) is 11.0. The number of hydrogen-bond acceptors (Lipinski definition) is 5. The van der Waals surface area contributed by atoms with Crippen LogP contribution in [0.5, 0.6) is 5.88 Å². The summed E-state index contributed by atoms with van der Waals surface area (Å²) < 4.78 is 127.